The maximum absolute atomic E-state index is 4.57. The van der Waals surface area contributed by atoms with Gasteiger partial charge in [0.25, 0.3) is 0 Å². The minimum absolute atomic E-state index is 0. The van der Waals surface area contributed by atoms with Crippen LogP contribution in [0.3, 0.4) is 0 Å². The Morgan fingerprint density at radius 1 is 1.18 bits per heavy atom. The van der Waals surface area contributed by atoms with Gasteiger partial charge in [-0.2, -0.15) is 11.8 Å². The van der Waals surface area contributed by atoms with E-state index >= 15 is 0 Å². The number of hydrogen-bond donors (Lipinski definition) is 1. The number of benzene rings is 1. The minimum Gasteiger partial charge on any atom is -0.356 e. The van der Waals surface area contributed by atoms with Crippen molar-refractivity contribution < 1.29 is 0 Å². The second-order valence-electron chi connectivity index (χ2n) is 7.83. The van der Waals surface area contributed by atoms with Gasteiger partial charge in [-0.15, -0.1) is 24.0 Å². The fourth-order valence-electron chi connectivity index (χ4n) is 4.62. The molecule has 0 spiro atoms. The third kappa shape index (κ3) is 6.80. The number of rotatable bonds is 7. The highest BCUT2D eigenvalue weighted by atomic mass is 127. The van der Waals surface area contributed by atoms with Crippen LogP contribution in [0.2, 0.25) is 0 Å². The molecule has 2 unspecified atom stereocenters. The highest BCUT2D eigenvalue weighted by molar-refractivity contribution is 14.0. The monoisotopic (exact) mass is 516 g/mol. The fraction of sp³-hybridized carbons (Fsp3) is 0.682. The molecular weight excluding hydrogens is 479 g/mol. The summed E-state index contributed by atoms with van der Waals surface area (Å²) >= 11 is 1.93. The predicted octanol–water partition coefficient (Wildman–Crippen LogP) is 4.31. The first-order valence-electron chi connectivity index (χ1n) is 10.5. The first-order valence-corrected chi connectivity index (χ1v) is 11.9. The van der Waals surface area contributed by atoms with E-state index in [2.05, 4.69) is 56.7 Å². The van der Waals surface area contributed by atoms with Crippen molar-refractivity contribution in [2.75, 3.05) is 45.2 Å². The van der Waals surface area contributed by atoms with E-state index in [4.69, 9.17) is 0 Å². The molecule has 1 aromatic carbocycles. The van der Waals surface area contributed by atoms with E-state index in [-0.39, 0.29) is 24.0 Å². The second-order valence-corrected chi connectivity index (χ2v) is 8.82. The van der Waals surface area contributed by atoms with Crippen LogP contribution in [0.15, 0.2) is 35.3 Å². The molecule has 2 fully saturated rings. The Morgan fingerprint density at radius 3 is 2.75 bits per heavy atom. The number of likely N-dealkylation sites (tertiary alicyclic amines) is 2. The zero-order valence-corrected chi connectivity index (χ0v) is 20.6. The summed E-state index contributed by atoms with van der Waals surface area (Å²) in [4.78, 5) is 9.80. The van der Waals surface area contributed by atoms with E-state index in [1.54, 1.807) is 0 Å². The summed E-state index contributed by atoms with van der Waals surface area (Å²) in [6, 6.07) is 11.7. The Kier molecular flexibility index (Phi) is 11.0. The van der Waals surface area contributed by atoms with E-state index < -0.39 is 0 Å². The van der Waals surface area contributed by atoms with Crippen molar-refractivity contribution in [1.29, 1.82) is 0 Å². The Bertz CT molecular complexity index is 583. The smallest absolute Gasteiger partial charge is 0.193 e. The number of aliphatic imine (C=N–C) groups is 1. The van der Waals surface area contributed by atoms with Crippen LogP contribution in [-0.2, 0) is 6.54 Å². The number of nitrogens with zero attached hydrogens (tertiary/aromatic N) is 3. The van der Waals surface area contributed by atoms with Gasteiger partial charge < -0.3 is 10.2 Å². The van der Waals surface area contributed by atoms with Gasteiger partial charge in [-0.3, -0.25) is 9.89 Å². The van der Waals surface area contributed by atoms with Crippen LogP contribution in [0.4, 0.5) is 0 Å². The Hall–Kier alpha value is -0.470. The van der Waals surface area contributed by atoms with Crippen molar-refractivity contribution >= 4 is 41.7 Å². The first-order chi connectivity index (χ1) is 13.3. The van der Waals surface area contributed by atoms with Crippen LogP contribution in [0.1, 0.15) is 37.7 Å². The number of halogens is 1. The summed E-state index contributed by atoms with van der Waals surface area (Å²) < 4.78 is 0. The third-order valence-electron chi connectivity index (χ3n) is 5.98. The Balaban J connectivity index is 0.00000280. The summed E-state index contributed by atoms with van der Waals surface area (Å²) in [5, 5.41) is 3.60. The summed E-state index contributed by atoms with van der Waals surface area (Å²) in [5.74, 6) is 3.13. The number of hydrogen-bond acceptors (Lipinski definition) is 3. The van der Waals surface area contributed by atoms with Gasteiger partial charge in [0.15, 0.2) is 5.96 Å². The van der Waals surface area contributed by atoms with Crippen LogP contribution in [-0.4, -0.2) is 67.0 Å². The number of fused-ring (bicyclic) bond motifs is 1. The molecule has 0 amide bonds. The van der Waals surface area contributed by atoms with Crippen LogP contribution in [0.25, 0.3) is 0 Å². The predicted molar refractivity (Wildman–Crippen MR) is 134 cm³/mol. The van der Waals surface area contributed by atoms with E-state index in [0.29, 0.717) is 0 Å². The Morgan fingerprint density at radius 2 is 2.00 bits per heavy atom. The van der Waals surface area contributed by atoms with Gasteiger partial charge in [-0.25, -0.2) is 0 Å². The van der Waals surface area contributed by atoms with Crippen molar-refractivity contribution in [2.45, 2.75) is 44.7 Å². The quantitative estimate of drug-likeness (QED) is 0.253. The molecule has 0 saturated carbocycles. The summed E-state index contributed by atoms with van der Waals surface area (Å²) in [6.07, 6.45) is 8.63. The molecule has 3 rings (SSSR count). The van der Waals surface area contributed by atoms with Gasteiger partial charge in [0, 0.05) is 39.3 Å². The molecule has 4 nitrogen and oxygen atoms in total. The molecule has 158 valence electrons. The highest BCUT2D eigenvalue weighted by Crippen LogP contribution is 2.31. The number of unbranched alkanes of at least 4 members (excludes halogenated alkanes) is 1. The van der Waals surface area contributed by atoms with Gasteiger partial charge in [-0.05, 0) is 62.1 Å². The molecule has 0 aliphatic carbocycles. The van der Waals surface area contributed by atoms with Crippen molar-refractivity contribution in [3.63, 3.8) is 0 Å². The largest absolute Gasteiger partial charge is 0.356 e. The lowest BCUT2D eigenvalue weighted by Gasteiger charge is -2.48. The van der Waals surface area contributed by atoms with Gasteiger partial charge in [0.2, 0.25) is 0 Å². The maximum Gasteiger partial charge on any atom is 0.193 e. The molecule has 0 aromatic heterocycles. The highest BCUT2D eigenvalue weighted by Gasteiger charge is 2.36. The lowest BCUT2D eigenvalue weighted by molar-refractivity contribution is 0.0372. The topological polar surface area (TPSA) is 30.9 Å². The molecule has 2 atom stereocenters. The van der Waals surface area contributed by atoms with Crippen LogP contribution in [0, 0.1) is 5.92 Å². The van der Waals surface area contributed by atoms with Crippen molar-refractivity contribution in [3.05, 3.63) is 35.9 Å². The summed E-state index contributed by atoms with van der Waals surface area (Å²) in [6.45, 7) is 5.66. The fourth-order valence-corrected chi connectivity index (χ4v) is 5.11. The van der Waals surface area contributed by atoms with Crippen LogP contribution < -0.4 is 5.32 Å². The molecule has 1 N–H and O–H groups in total. The van der Waals surface area contributed by atoms with E-state index in [9.17, 15) is 0 Å². The molecule has 0 bridgehead atoms. The number of nitrogens with one attached hydrogen (secondary N) is 1. The van der Waals surface area contributed by atoms with Gasteiger partial charge in [0.05, 0.1) is 0 Å². The molecule has 2 heterocycles. The molecule has 2 aliphatic heterocycles. The zero-order valence-electron chi connectivity index (χ0n) is 17.5. The number of guanidine groups is 1. The minimum atomic E-state index is 0. The van der Waals surface area contributed by atoms with Crippen molar-refractivity contribution in [3.8, 4) is 0 Å². The van der Waals surface area contributed by atoms with Crippen molar-refractivity contribution in [2.24, 2.45) is 10.9 Å². The second kappa shape index (κ2) is 13.0. The third-order valence-corrected chi connectivity index (χ3v) is 6.68. The molecule has 28 heavy (non-hydrogen) atoms. The van der Waals surface area contributed by atoms with Gasteiger partial charge >= 0.3 is 0 Å². The van der Waals surface area contributed by atoms with Crippen LogP contribution >= 0.6 is 35.7 Å². The van der Waals surface area contributed by atoms with Crippen LogP contribution in [0.5, 0.6) is 0 Å². The first kappa shape index (κ1) is 23.8. The Labute approximate surface area is 192 Å². The summed E-state index contributed by atoms with van der Waals surface area (Å²) in [7, 11) is 1.93. The average Bonchev–Trinajstić information content (AvgIpc) is 2.71. The molecule has 6 heteroatoms. The van der Waals surface area contributed by atoms with E-state index in [0.717, 1.165) is 44.1 Å². The van der Waals surface area contributed by atoms with Gasteiger partial charge in [-0.1, -0.05) is 30.3 Å². The molecule has 2 aliphatic rings. The summed E-state index contributed by atoms with van der Waals surface area (Å²) in [5.41, 5.74) is 1.45. The van der Waals surface area contributed by atoms with E-state index in [1.807, 2.05) is 18.8 Å². The number of piperidine rings is 2. The van der Waals surface area contributed by atoms with Gasteiger partial charge in [0.1, 0.15) is 0 Å². The standard InChI is InChI=1S/C22H36N4S.HI/c1-23-22(24-13-6-7-16-27-2)26-15-12-21-20(18-26)11-8-14-25(21)17-19-9-4-3-5-10-19;/h3-5,9-10,20-21H,6-8,11-18H2,1-2H3,(H,23,24);1H. The average molecular weight is 517 g/mol. The maximum atomic E-state index is 4.57. The molecular formula is C22H37IN4S. The normalized spacial score (nSPS) is 23.1. The lowest BCUT2D eigenvalue weighted by atomic mass is 9.83. The van der Waals surface area contributed by atoms with Crippen molar-refractivity contribution in [1.82, 2.24) is 15.1 Å². The molecule has 1 aromatic rings. The zero-order chi connectivity index (χ0) is 18.9. The molecule has 0 radical (unpaired) electrons. The molecule has 2 saturated heterocycles. The SMILES string of the molecule is CN=C(NCCCCSC)N1CCC2C(CCCN2Cc2ccccc2)C1.I. The van der Waals surface area contributed by atoms with E-state index in [1.165, 1.54) is 50.0 Å². The lowest BCUT2D eigenvalue weighted by Crippen LogP contribution is -2.56. The number of thioether (sulfide) groups is 1.